The van der Waals surface area contributed by atoms with Crippen LogP contribution in [0.1, 0.15) is 12.5 Å². The number of hydrogen-bond acceptors (Lipinski definition) is 4. The molecule has 4 amide bonds. The molecule has 0 aromatic heterocycles. The summed E-state index contributed by atoms with van der Waals surface area (Å²) in [5.41, 5.74) is 1.80. The number of terminal acetylenes is 1. The highest BCUT2D eigenvalue weighted by atomic mass is 16.6. The Kier molecular flexibility index (Phi) is 3.86. The lowest BCUT2D eigenvalue weighted by atomic mass is 10.1. The molecule has 0 aliphatic carbocycles. The molecule has 0 spiro atoms. The Hall–Kier alpha value is -3.01. The van der Waals surface area contributed by atoms with Crippen LogP contribution in [0.25, 0.3) is 0 Å². The fraction of sp³-hybridized carbons (Fsp3) is 0.154. The molecule has 0 radical (unpaired) electrons. The quantitative estimate of drug-likeness (QED) is 0.365. The van der Waals surface area contributed by atoms with Gasteiger partial charge in [0.25, 0.3) is 0 Å². The van der Waals surface area contributed by atoms with Gasteiger partial charge in [0.1, 0.15) is 0 Å². The molecule has 1 heterocycles. The molecule has 7 heteroatoms. The van der Waals surface area contributed by atoms with E-state index in [0.29, 0.717) is 11.4 Å². The molecule has 0 N–H and O–H groups in total. The topological polar surface area (TPSA) is 83.7 Å². The van der Waals surface area contributed by atoms with Crippen LogP contribution in [0.4, 0.5) is 15.3 Å². The normalized spacial score (nSPS) is 14.6. The van der Waals surface area contributed by atoms with Crippen LogP contribution in [0.5, 0.6) is 0 Å². The van der Waals surface area contributed by atoms with Crippen molar-refractivity contribution in [3.8, 4) is 12.3 Å². The summed E-state index contributed by atoms with van der Waals surface area (Å²) in [5.74, 6) is 2.30. The third kappa shape index (κ3) is 2.70. The van der Waals surface area contributed by atoms with E-state index in [0.717, 1.165) is 10.5 Å². The van der Waals surface area contributed by atoms with Crippen molar-refractivity contribution in [2.24, 2.45) is 15.4 Å². The van der Waals surface area contributed by atoms with Crippen molar-refractivity contribution in [3.63, 3.8) is 0 Å². The zero-order valence-electron chi connectivity index (χ0n) is 10.6. The number of carbonyl (C=O) groups excluding carboxylic acids is 2. The lowest BCUT2D eigenvalue weighted by molar-refractivity contribution is 0.180. The number of nitrogens with zero attached hydrogens (tertiary/aromatic N) is 4. The minimum absolute atomic E-state index is 0.0925. The minimum Gasteiger partial charge on any atom is -0.382 e. The monoisotopic (exact) mass is 270 g/mol. The van der Waals surface area contributed by atoms with Crippen LogP contribution < -0.4 is 4.90 Å². The second-order valence-electron chi connectivity index (χ2n) is 3.80. The first-order valence-electron chi connectivity index (χ1n) is 5.63. The van der Waals surface area contributed by atoms with Crippen LogP contribution in [-0.2, 0) is 4.84 Å². The van der Waals surface area contributed by atoms with Crippen LogP contribution in [-0.4, -0.2) is 24.4 Å². The summed E-state index contributed by atoms with van der Waals surface area (Å²) < 4.78 is 0. The van der Waals surface area contributed by atoms with Crippen LogP contribution in [0.2, 0.25) is 0 Å². The number of azo groups is 1. The van der Waals surface area contributed by atoms with Gasteiger partial charge in [0.05, 0.1) is 11.4 Å². The van der Waals surface area contributed by atoms with Gasteiger partial charge in [-0.05, 0) is 24.6 Å². The van der Waals surface area contributed by atoms with Gasteiger partial charge < -0.3 is 4.84 Å². The van der Waals surface area contributed by atoms with Crippen LogP contribution >= 0.6 is 0 Å². The second-order valence-corrected chi connectivity index (χ2v) is 3.80. The number of carbonyl (C=O) groups is 2. The van der Waals surface area contributed by atoms with Crippen molar-refractivity contribution in [2.75, 3.05) is 11.5 Å². The lowest BCUT2D eigenvalue weighted by Crippen LogP contribution is -2.27. The van der Waals surface area contributed by atoms with Gasteiger partial charge >= 0.3 is 12.1 Å². The van der Waals surface area contributed by atoms with E-state index in [4.69, 9.17) is 11.3 Å². The van der Waals surface area contributed by atoms with Gasteiger partial charge in [-0.3, -0.25) is 0 Å². The molecule has 0 unspecified atom stereocenters. The van der Waals surface area contributed by atoms with E-state index in [-0.39, 0.29) is 6.61 Å². The first-order valence-corrected chi connectivity index (χ1v) is 5.63. The lowest BCUT2D eigenvalue weighted by Gasteiger charge is -2.10. The maximum Gasteiger partial charge on any atom is 0.375 e. The Morgan fingerprint density at radius 2 is 1.90 bits per heavy atom. The Bertz CT molecular complexity index is 623. The Morgan fingerprint density at radius 3 is 2.45 bits per heavy atom. The molecule has 0 atom stereocenters. The molecular weight excluding hydrogens is 260 g/mol. The third-order valence-corrected chi connectivity index (χ3v) is 2.50. The molecule has 0 saturated carbocycles. The van der Waals surface area contributed by atoms with Crippen molar-refractivity contribution in [1.29, 1.82) is 0 Å². The zero-order valence-corrected chi connectivity index (χ0v) is 10.6. The standard InChI is InChI=1S/C13H10N4O3/c1-3-8-20-16-9(2)10-4-6-11(7-5-10)17-12(18)14-15-13(17)19/h1,4-7H,8H2,2H3/b16-9+. The summed E-state index contributed by atoms with van der Waals surface area (Å²) >= 11 is 0. The predicted molar refractivity (Wildman–Crippen MR) is 71.6 cm³/mol. The van der Waals surface area contributed by atoms with Crippen molar-refractivity contribution in [1.82, 2.24) is 0 Å². The van der Waals surface area contributed by atoms with Crippen LogP contribution in [0, 0.1) is 12.3 Å². The molecular formula is C13H10N4O3. The summed E-state index contributed by atoms with van der Waals surface area (Å²) in [6.45, 7) is 1.84. The Morgan fingerprint density at radius 1 is 1.30 bits per heavy atom. The average Bonchev–Trinajstić information content (AvgIpc) is 2.78. The fourth-order valence-electron chi connectivity index (χ4n) is 1.55. The number of oxime groups is 1. The highest BCUT2D eigenvalue weighted by molar-refractivity contribution is 6.17. The van der Waals surface area contributed by atoms with Crippen molar-refractivity contribution < 1.29 is 14.4 Å². The maximum absolute atomic E-state index is 11.4. The Balaban J connectivity index is 2.15. The maximum atomic E-state index is 11.4. The number of imide groups is 1. The molecule has 7 nitrogen and oxygen atoms in total. The highest BCUT2D eigenvalue weighted by Gasteiger charge is 2.28. The van der Waals surface area contributed by atoms with Gasteiger partial charge in [-0.25, -0.2) is 14.5 Å². The van der Waals surface area contributed by atoms with E-state index < -0.39 is 12.1 Å². The van der Waals surface area contributed by atoms with E-state index in [1.807, 2.05) is 0 Å². The first-order chi connectivity index (χ1) is 9.63. The number of amides is 4. The SMILES string of the molecule is C#CCO/N=C(\C)c1ccc(N2C(=O)N=NC2=O)cc1. The molecule has 2 rings (SSSR count). The van der Waals surface area contributed by atoms with E-state index >= 15 is 0 Å². The Labute approximate surface area is 114 Å². The largest absolute Gasteiger partial charge is 0.382 e. The number of hydrogen-bond donors (Lipinski definition) is 0. The molecule has 0 saturated heterocycles. The summed E-state index contributed by atoms with van der Waals surface area (Å²) in [6, 6.07) is 5.19. The minimum atomic E-state index is -0.703. The molecule has 1 aliphatic heterocycles. The van der Waals surface area contributed by atoms with Crippen molar-refractivity contribution >= 4 is 23.5 Å². The second kappa shape index (κ2) is 5.75. The van der Waals surface area contributed by atoms with Gasteiger partial charge in [0.15, 0.2) is 6.61 Å². The smallest absolute Gasteiger partial charge is 0.375 e. The average molecular weight is 270 g/mol. The molecule has 20 heavy (non-hydrogen) atoms. The van der Waals surface area contributed by atoms with E-state index in [1.165, 1.54) is 0 Å². The number of urea groups is 2. The molecule has 0 bridgehead atoms. The predicted octanol–water partition coefficient (Wildman–Crippen LogP) is 2.57. The van der Waals surface area contributed by atoms with Gasteiger partial charge in [-0.1, -0.05) is 33.4 Å². The van der Waals surface area contributed by atoms with E-state index in [9.17, 15) is 9.59 Å². The van der Waals surface area contributed by atoms with Crippen molar-refractivity contribution in [3.05, 3.63) is 29.8 Å². The van der Waals surface area contributed by atoms with Crippen molar-refractivity contribution in [2.45, 2.75) is 6.92 Å². The zero-order chi connectivity index (χ0) is 14.5. The fourth-order valence-corrected chi connectivity index (χ4v) is 1.55. The van der Waals surface area contributed by atoms with Gasteiger partial charge in [-0.2, -0.15) is 0 Å². The van der Waals surface area contributed by atoms with Gasteiger partial charge in [0, 0.05) is 0 Å². The van der Waals surface area contributed by atoms with Gasteiger partial charge in [-0.15, -0.1) is 6.42 Å². The number of rotatable bonds is 4. The molecule has 1 aromatic carbocycles. The van der Waals surface area contributed by atoms with E-state index in [1.54, 1.807) is 31.2 Å². The summed E-state index contributed by atoms with van der Waals surface area (Å²) in [7, 11) is 0. The van der Waals surface area contributed by atoms with Gasteiger partial charge in [0.2, 0.25) is 0 Å². The molecule has 0 fully saturated rings. The molecule has 100 valence electrons. The summed E-state index contributed by atoms with van der Waals surface area (Å²) in [6.07, 6.45) is 5.04. The number of benzene rings is 1. The molecule has 1 aromatic rings. The first kappa shape index (κ1) is 13.4. The third-order valence-electron chi connectivity index (χ3n) is 2.50. The highest BCUT2D eigenvalue weighted by Crippen LogP contribution is 2.21. The summed E-state index contributed by atoms with van der Waals surface area (Å²) in [4.78, 5) is 28.5. The van der Waals surface area contributed by atoms with Crippen LogP contribution in [0.15, 0.2) is 39.6 Å². The van der Waals surface area contributed by atoms with Crippen LogP contribution in [0.3, 0.4) is 0 Å². The summed E-state index contributed by atoms with van der Waals surface area (Å²) in [5, 5.41) is 10.2. The van der Waals surface area contributed by atoms with E-state index in [2.05, 4.69) is 21.3 Å². The molecule has 1 aliphatic rings. The number of anilines is 1.